The second kappa shape index (κ2) is 7.38. The number of benzene rings is 2. The summed E-state index contributed by atoms with van der Waals surface area (Å²) in [5, 5.41) is 1.91. The number of carbonyl (C=O) groups is 1. The van der Waals surface area contributed by atoms with Gasteiger partial charge in [0, 0.05) is 11.3 Å². The Kier molecular flexibility index (Phi) is 5.04. The molecule has 2 heterocycles. The van der Waals surface area contributed by atoms with Crippen LogP contribution in [0.15, 0.2) is 52.3 Å². The molecule has 29 heavy (non-hydrogen) atoms. The fourth-order valence-corrected chi connectivity index (χ4v) is 4.68. The summed E-state index contributed by atoms with van der Waals surface area (Å²) in [6.07, 6.45) is -5.51. The standard InChI is InChI=1S/C20H13BrF3NO3S/c1-27-13-3-2-4-14-17(13)11-6-5-10(25-19(26)20(22,23)24)9-12(11)18(28-14)15-7-8-16(21)29-15/h2-9,18H,1H3,(H,25,26). The summed E-state index contributed by atoms with van der Waals surface area (Å²) in [4.78, 5) is 12.2. The van der Waals surface area contributed by atoms with E-state index in [4.69, 9.17) is 9.47 Å². The number of rotatable bonds is 3. The van der Waals surface area contributed by atoms with Gasteiger partial charge in [0.25, 0.3) is 0 Å². The van der Waals surface area contributed by atoms with Crippen LogP contribution in [0, 0.1) is 0 Å². The van der Waals surface area contributed by atoms with Gasteiger partial charge in [0.2, 0.25) is 0 Å². The highest BCUT2D eigenvalue weighted by Gasteiger charge is 2.39. The van der Waals surface area contributed by atoms with E-state index in [0.717, 1.165) is 14.2 Å². The van der Waals surface area contributed by atoms with E-state index in [9.17, 15) is 18.0 Å². The molecule has 1 atom stereocenters. The first-order chi connectivity index (χ1) is 13.8. The molecule has 9 heteroatoms. The van der Waals surface area contributed by atoms with E-state index in [1.807, 2.05) is 29.6 Å². The molecular weight excluding hydrogens is 471 g/mol. The van der Waals surface area contributed by atoms with Crippen LogP contribution in [0.25, 0.3) is 11.1 Å². The lowest BCUT2D eigenvalue weighted by atomic mass is 9.91. The monoisotopic (exact) mass is 483 g/mol. The van der Waals surface area contributed by atoms with Crippen molar-refractivity contribution in [2.75, 3.05) is 12.4 Å². The summed E-state index contributed by atoms with van der Waals surface area (Å²) in [6, 6.07) is 13.8. The average Bonchev–Trinajstić information content (AvgIpc) is 3.12. The third-order valence-electron chi connectivity index (χ3n) is 4.42. The first-order valence-corrected chi connectivity index (χ1v) is 10.0. The number of ether oxygens (including phenoxy) is 2. The third-order valence-corrected chi connectivity index (χ3v) is 6.09. The zero-order chi connectivity index (χ0) is 20.8. The van der Waals surface area contributed by atoms with E-state index in [1.54, 1.807) is 12.1 Å². The minimum Gasteiger partial charge on any atom is -0.496 e. The van der Waals surface area contributed by atoms with Crippen molar-refractivity contribution in [3.63, 3.8) is 0 Å². The third kappa shape index (κ3) is 3.72. The van der Waals surface area contributed by atoms with Gasteiger partial charge in [0.05, 0.1) is 21.3 Å². The van der Waals surface area contributed by atoms with Crippen molar-refractivity contribution in [1.29, 1.82) is 0 Å². The first kappa shape index (κ1) is 19.8. The highest BCUT2D eigenvalue weighted by Crippen LogP contribution is 2.50. The number of nitrogens with one attached hydrogen (secondary N) is 1. The van der Waals surface area contributed by atoms with Crippen LogP contribution in [-0.2, 0) is 4.79 Å². The average molecular weight is 484 g/mol. The number of fused-ring (bicyclic) bond motifs is 3. The minimum atomic E-state index is -4.97. The van der Waals surface area contributed by atoms with Crippen molar-refractivity contribution in [3.8, 4) is 22.6 Å². The first-order valence-electron chi connectivity index (χ1n) is 8.39. The van der Waals surface area contributed by atoms with Crippen LogP contribution in [-0.4, -0.2) is 19.2 Å². The van der Waals surface area contributed by atoms with Crippen molar-refractivity contribution in [2.45, 2.75) is 12.3 Å². The largest absolute Gasteiger partial charge is 0.496 e. The number of anilines is 1. The van der Waals surface area contributed by atoms with Crippen LogP contribution in [0.2, 0.25) is 0 Å². The molecule has 0 radical (unpaired) electrons. The summed E-state index contributed by atoms with van der Waals surface area (Å²) in [6.45, 7) is 0. The Bertz CT molecular complexity index is 1100. The molecule has 1 aromatic heterocycles. The molecule has 4 nitrogen and oxygen atoms in total. The Morgan fingerprint density at radius 1 is 1.21 bits per heavy atom. The van der Waals surface area contributed by atoms with Gasteiger partial charge < -0.3 is 14.8 Å². The molecule has 2 aromatic carbocycles. The normalized spacial score (nSPS) is 15.1. The molecule has 0 saturated carbocycles. The van der Waals surface area contributed by atoms with E-state index in [0.29, 0.717) is 22.6 Å². The Labute approximate surface area is 176 Å². The van der Waals surface area contributed by atoms with E-state index < -0.39 is 18.2 Å². The molecule has 1 amide bonds. The fourth-order valence-electron chi connectivity index (χ4n) is 3.20. The summed E-state index contributed by atoms with van der Waals surface area (Å²) in [5.41, 5.74) is 2.15. The molecule has 1 unspecified atom stereocenters. The predicted octanol–water partition coefficient (Wildman–Crippen LogP) is 6.17. The summed E-state index contributed by atoms with van der Waals surface area (Å²) in [5.74, 6) is -0.831. The SMILES string of the molecule is COc1cccc2c1-c1ccc(NC(=O)C(F)(F)F)cc1C(c1ccc(Br)s1)O2. The van der Waals surface area contributed by atoms with Crippen molar-refractivity contribution in [2.24, 2.45) is 0 Å². The molecule has 0 spiro atoms. The number of carbonyl (C=O) groups excluding carboxylic acids is 1. The van der Waals surface area contributed by atoms with Gasteiger partial charge in [-0.05, 0) is 57.9 Å². The topological polar surface area (TPSA) is 47.6 Å². The lowest BCUT2D eigenvalue weighted by Crippen LogP contribution is -2.30. The Balaban J connectivity index is 1.85. The van der Waals surface area contributed by atoms with Crippen molar-refractivity contribution < 1.29 is 27.4 Å². The molecular formula is C20H13BrF3NO3S. The van der Waals surface area contributed by atoms with Gasteiger partial charge >= 0.3 is 12.1 Å². The maximum Gasteiger partial charge on any atom is 0.471 e. The van der Waals surface area contributed by atoms with Crippen molar-refractivity contribution >= 4 is 38.9 Å². The molecule has 0 saturated heterocycles. The number of hydrogen-bond acceptors (Lipinski definition) is 4. The second-order valence-corrected chi connectivity index (χ2v) is 8.72. The molecule has 150 valence electrons. The van der Waals surface area contributed by atoms with E-state index >= 15 is 0 Å². The number of alkyl halides is 3. The predicted molar refractivity (Wildman–Crippen MR) is 108 cm³/mol. The van der Waals surface area contributed by atoms with Crippen molar-refractivity contribution in [1.82, 2.24) is 0 Å². The highest BCUT2D eigenvalue weighted by molar-refractivity contribution is 9.11. The fraction of sp³-hybridized carbons (Fsp3) is 0.150. The number of thiophene rings is 1. The zero-order valence-corrected chi connectivity index (χ0v) is 17.2. The molecule has 1 aliphatic heterocycles. The number of amides is 1. The van der Waals surface area contributed by atoms with Gasteiger partial charge in [0.15, 0.2) is 6.10 Å². The highest BCUT2D eigenvalue weighted by atomic mass is 79.9. The van der Waals surface area contributed by atoms with Crippen LogP contribution in [0.4, 0.5) is 18.9 Å². The Morgan fingerprint density at radius 2 is 2.00 bits per heavy atom. The maximum atomic E-state index is 12.7. The van der Waals surface area contributed by atoms with Gasteiger partial charge in [-0.1, -0.05) is 12.1 Å². The molecule has 1 aliphatic rings. The van der Waals surface area contributed by atoms with Crippen LogP contribution in [0.3, 0.4) is 0 Å². The van der Waals surface area contributed by atoms with Gasteiger partial charge in [-0.15, -0.1) is 11.3 Å². The van der Waals surface area contributed by atoms with Crippen LogP contribution < -0.4 is 14.8 Å². The van der Waals surface area contributed by atoms with E-state index in [2.05, 4.69) is 15.9 Å². The smallest absolute Gasteiger partial charge is 0.471 e. The number of hydrogen-bond donors (Lipinski definition) is 1. The van der Waals surface area contributed by atoms with Gasteiger partial charge in [-0.3, -0.25) is 4.79 Å². The number of methoxy groups -OCH3 is 1. The van der Waals surface area contributed by atoms with Gasteiger partial charge in [-0.2, -0.15) is 13.2 Å². The van der Waals surface area contributed by atoms with E-state index in [-0.39, 0.29) is 5.69 Å². The van der Waals surface area contributed by atoms with Crippen molar-refractivity contribution in [3.05, 3.63) is 62.8 Å². The minimum absolute atomic E-state index is 0.0358. The Hall–Kier alpha value is -2.52. The second-order valence-electron chi connectivity index (χ2n) is 6.23. The Morgan fingerprint density at radius 3 is 2.66 bits per heavy atom. The van der Waals surface area contributed by atoms with Crippen LogP contribution in [0.5, 0.6) is 11.5 Å². The summed E-state index contributed by atoms with van der Waals surface area (Å²) < 4.78 is 50.5. The van der Waals surface area contributed by atoms with Gasteiger partial charge in [-0.25, -0.2) is 0 Å². The molecule has 0 fully saturated rings. The molecule has 0 aliphatic carbocycles. The molecule has 4 rings (SSSR count). The lowest BCUT2D eigenvalue weighted by molar-refractivity contribution is -0.167. The van der Waals surface area contributed by atoms with Crippen LogP contribution in [0.1, 0.15) is 16.5 Å². The van der Waals surface area contributed by atoms with Crippen LogP contribution >= 0.6 is 27.3 Å². The van der Waals surface area contributed by atoms with Gasteiger partial charge in [0.1, 0.15) is 11.5 Å². The number of halogens is 4. The quantitative estimate of drug-likeness (QED) is 0.484. The summed E-state index contributed by atoms with van der Waals surface area (Å²) in [7, 11) is 1.54. The zero-order valence-electron chi connectivity index (χ0n) is 14.8. The molecule has 0 bridgehead atoms. The maximum absolute atomic E-state index is 12.7. The summed E-state index contributed by atoms with van der Waals surface area (Å²) >= 11 is 4.88. The molecule has 1 N–H and O–H groups in total. The molecule has 3 aromatic rings. The lowest BCUT2D eigenvalue weighted by Gasteiger charge is -2.29. The van der Waals surface area contributed by atoms with E-state index in [1.165, 1.54) is 30.6 Å².